The van der Waals surface area contributed by atoms with E-state index in [0.717, 1.165) is 5.56 Å². The van der Waals surface area contributed by atoms with Gasteiger partial charge in [-0.2, -0.15) is 0 Å². The number of carbonyl (C=O) groups excluding carboxylic acids is 3. The Bertz CT molecular complexity index is 1110. The average molecular weight is 430 g/mol. The second kappa shape index (κ2) is 11.1. The molecule has 0 saturated carbocycles. The molecule has 2 N–H and O–H groups in total. The topological polar surface area (TPSA) is 93.7 Å². The fourth-order valence-electron chi connectivity index (χ4n) is 2.72. The van der Waals surface area contributed by atoms with Crippen molar-refractivity contribution in [1.82, 2.24) is 0 Å². The summed E-state index contributed by atoms with van der Waals surface area (Å²) in [6.07, 6.45) is 2.36. The lowest BCUT2D eigenvalue weighted by Crippen LogP contribution is -2.13. The number of carbonyl (C=O) groups is 3. The van der Waals surface area contributed by atoms with Crippen LogP contribution in [0.4, 0.5) is 16.2 Å². The summed E-state index contributed by atoms with van der Waals surface area (Å²) < 4.78 is 9.67. The summed E-state index contributed by atoms with van der Waals surface area (Å²) in [6.45, 7) is 1.89. The lowest BCUT2D eigenvalue weighted by Gasteiger charge is -2.09. The molecule has 0 saturated heterocycles. The number of nitrogens with one attached hydrogen (secondary N) is 2. The van der Waals surface area contributed by atoms with E-state index in [0.29, 0.717) is 16.9 Å². The van der Waals surface area contributed by atoms with Gasteiger partial charge in [0.15, 0.2) is 0 Å². The summed E-state index contributed by atoms with van der Waals surface area (Å²) >= 11 is 0. The van der Waals surface area contributed by atoms with Gasteiger partial charge in [0.05, 0.1) is 6.61 Å². The quantitative estimate of drug-likeness (QED) is 0.308. The van der Waals surface area contributed by atoms with Crippen LogP contribution in [0.5, 0.6) is 5.75 Å². The maximum absolute atomic E-state index is 12.5. The molecular formula is C25H22N2O5. The van der Waals surface area contributed by atoms with Crippen molar-refractivity contribution >= 4 is 35.4 Å². The first-order chi connectivity index (χ1) is 15.5. The van der Waals surface area contributed by atoms with Crippen LogP contribution in [0.15, 0.2) is 84.9 Å². The number of hydrogen-bond donors (Lipinski definition) is 2. The summed E-state index contributed by atoms with van der Waals surface area (Å²) in [4.78, 5) is 36.0. The highest BCUT2D eigenvalue weighted by atomic mass is 16.7. The van der Waals surface area contributed by atoms with Crippen molar-refractivity contribution < 1.29 is 23.9 Å². The Morgan fingerprint density at radius 1 is 0.844 bits per heavy atom. The SMILES string of the molecule is CCOC(=O)Oc1ccc(C(=O)Nc2cccc(NC(=O)/C=C/c3ccccc3)c2)cc1. The van der Waals surface area contributed by atoms with E-state index in [2.05, 4.69) is 10.6 Å². The van der Waals surface area contributed by atoms with Gasteiger partial charge in [0.25, 0.3) is 5.91 Å². The molecule has 0 spiro atoms. The minimum atomic E-state index is -0.804. The average Bonchev–Trinajstić information content (AvgIpc) is 2.79. The first kappa shape index (κ1) is 22.3. The van der Waals surface area contributed by atoms with Crippen LogP contribution in [0.3, 0.4) is 0 Å². The Morgan fingerprint density at radius 2 is 1.53 bits per heavy atom. The first-order valence-corrected chi connectivity index (χ1v) is 9.93. The second-order valence-corrected chi connectivity index (χ2v) is 6.58. The smallest absolute Gasteiger partial charge is 0.434 e. The second-order valence-electron chi connectivity index (χ2n) is 6.58. The third kappa shape index (κ3) is 6.84. The Balaban J connectivity index is 1.58. The van der Waals surface area contributed by atoms with Gasteiger partial charge >= 0.3 is 6.16 Å². The monoisotopic (exact) mass is 430 g/mol. The summed E-state index contributed by atoms with van der Waals surface area (Å²) in [6, 6.07) is 22.4. The van der Waals surface area contributed by atoms with Gasteiger partial charge in [-0.05, 0) is 61.0 Å². The van der Waals surface area contributed by atoms with Gasteiger partial charge in [-0.3, -0.25) is 9.59 Å². The number of rotatable bonds is 7. The van der Waals surface area contributed by atoms with E-state index in [4.69, 9.17) is 9.47 Å². The minimum absolute atomic E-state index is 0.210. The van der Waals surface area contributed by atoms with E-state index in [1.807, 2.05) is 30.3 Å². The van der Waals surface area contributed by atoms with Gasteiger partial charge in [0, 0.05) is 23.0 Å². The molecule has 162 valence electrons. The van der Waals surface area contributed by atoms with E-state index >= 15 is 0 Å². The van der Waals surface area contributed by atoms with Crippen molar-refractivity contribution in [2.24, 2.45) is 0 Å². The Morgan fingerprint density at radius 3 is 2.22 bits per heavy atom. The van der Waals surface area contributed by atoms with E-state index in [1.54, 1.807) is 37.3 Å². The Hall–Kier alpha value is -4.39. The highest BCUT2D eigenvalue weighted by molar-refractivity contribution is 6.05. The number of hydrogen-bond acceptors (Lipinski definition) is 5. The molecule has 3 aromatic rings. The lowest BCUT2D eigenvalue weighted by atomic mass is 10.2. The third-order valence-electron chi connectivity index (χ3n) is 4.19. The van der Waals surface area contributed by atoms with Crippen LogP contribution in [0, 0.1) is 0 Å². The van der Waals surface area contributed by atoms with Gasteiger partial charge in [0.1, 0.15) is 5.75 Å². The normalized spacial score (nSPS) is 10.4. The van der Waals surface area contributed by atoms with Crippen LogP contribution in [0.25, 0.3) is 6.08 Å². The molecule has 0 aliphatic rings. The lowest BCUT2D eigenvalue weighted by molar-refractivity contribution is -0.111. The molecule has 0 aromatic heterocycles. The summed E-state index contributed by atoms with van der Waals surface area (Å²) in [5.41, 5.74) is 2.36. The number of ether oxygens (including phenoxy) is 2. The molecule has 0 fully saturated rings. The zero-order valence-corrected chi connectivity index (χ0v) is 17.4. The summed E-state index contributed by atoms with van der Waals surface area (Å²) in [5.74, 6) is -0.358. The molecule has 7 nitrogen and oxygen atoms in total. The molecule has 0 unspecified atom stereocenters. The number of amides is 2. The molecule has 3 rings (SSSR count). The maximum Gasteiger partial charge on any atom is 0.513 e. The van der Waals surface area contributed by atoms with Gasteiger partial charge in [0.2, 0.25) is 5.91 Å². The zero-order chi connectivity index (χ0) is 22.8. The van der Waals surface area contributed by atoms with Crippen LogP contribution >= 0.6 is 0 Å². The van der Waals surface area contributed by atoms with Crippen LogP contribution < -0.4 is 15.4 Å². The van der Waals surface area contributed by atoms with E-state index in [9.17, 15) is 14.4 Å². The molecule has 0 atom stereocenters. The van der Waals surface area contributed by atoms with Gasteiger partial charge < -0.3 is 20.1 Å². The molecule has 0 aliphatic heterocycles. The van der Waals surface area contributed by atoms with Crippen LogP contribution in [-0.4, -0.2) is 24.6 Å². The van der Waals surface area contributed by atoms with Crippen molar-refractivity contribution in [2.75, 3.05) is 17.2 Å². The molecule has 0 aliphatic carbocycles. The van der Waals surface area contributed by atoms with Crippen molar-refractivity contribution in [1.29, 1.82) is 0 Å². The molecule has 0 radical (unpaired) electrons. The molecule has 0 bridgehead atoms. The molecule has 7 heteroatoms. The predicted octanol–water partition coefficient (Wildman–Crippen LogP) is 5.13. The van der Waals surface area contributed by atoms with Gasteiger partial charge in [-0.1, -0.05) is 36.4 Å². The number of benzene rings is 3. The zero-order valence-electron chi connectivity index (χ0n) is 17.4. The van der Waals surface area contributed by atoms with Crippen LogP contribution in [0.2, 0.25) is 0 Å². The molecule has 3 aromatic carbocycles. The van der Waals surface area contributed by atoms with Crippen molar-refractivity contribution in [2.45, 2.75) is 6.92 Å². The first-order valence-electron chi connectivity index (χ1n) is 9.93. The fraction of sp³-hybridized carbons (Fsp3) is 0.0800. The highest BCUT2D eigenvalue weighted by Gasteiger charge is 2.09. The van der Waals surface area contributed by atoms with Crippen molar-refractivity contribution in [3.05, 3.63) is 96.1 Å². The Kier molecular flexibility index (Phi) is 7.75. The standard InChI is InChI=1S/C25H22N2O5/c1-2-31-25(30)32-22-14-12-19(13-15-22)24(29)27-21-10-6-9-20(17-21)26-23(28)16-11-18-7-4-3-5-8-18/h3-17H,2H2,1H3,(H,26,28)(H,27,29)/b16-11+. The summed E-state index contributed by atoms with van der Waals surface area (Å²) in [7, 11) is 0. The van der Waals surface area contributed by atoms with Crippen molar-refractivity contribution in [3.8, 4) is 5.75 Å². The van der Waals surface area contributed by atoms with Gasteiger partial charge in [-0.15, -0.1) is 0 Å². The van der Waals surface area contributed by atoms with E-state index in [1.165, 1.54) is 30.3 Å². The third-order valence-corrected chi connectivity index (χ3v) is 4.19. The Labute approximate surface area is 185 Å². The fourth-order valence-corrected chi connectivity index (χ4v) is 2.72. The minimum Gasteiger partial charge on any atom is -0.434 e. The largest absolute Gasteiger partial charge is 0.513 e. The molecular weight excluding hydrogens is 408 g/mol. The summed E-state index contributed by atoms with van der Waals surface area (Å²) in [5, 5.41) is 5.53. The number of anilines is 2. The molecule has 2 amide bonds. The van der Waals surface area contributed by atoms with Crippen LogP contribution in [-0.2, 0) is 9.53 Å². The highest BCUT2D eigenvalue weighted by Crippen LogP contribution is 2.18. The predicted molar refractivity (Wildman–Crippen MR) is 123 cm³/mol. The molecule has 32 heavy (non-hydrogen) atoms. The van der Waals surface area contributed by atoms with Crippen LogP contribution in [0.1, 0.15) is 22.8 Å². The van der Waals surface area contributed by atoms with E-state index < -0.39 is 6.16 Å². The van der Waals surface area contributed by atoms with Gasteiger partial charge in [-0.25, -0.2) is 4.79 Å². The van der Waals surface area contributed by atoms with E-state index in [-0.39, 0.29) is 24.2 Å². The maximum atomic E-state index is 12.5. The molecule has 0 heterocycles. The van der Waals surface area contributed by atoms with Crippen molar-refractivity contribution in [3.63, 3.8) is 0 Å².